The number of fused-ring (bicyclic) bond motifs is 4. The molecular weight excluding hydrogens is 456 g/mol. The van der Waals surface area contributed by atoms with Crippen molar-refractivity contribution in [1.82, 2.24) is 0 Å². The molecule has 0 saturated heterocycles. The average Bonchev–Trinajstić information content (AvgIpc) is 3.32. The maximum atomic E-state index is 2.34. The highest BCUT2D eigenvalue weighted by atomic mass is 14.2. The molecule has 0 saturated carbocycles. The van der Waals surface area contributed by atoms with Crippen molar-refractivity contribution >= 4 is 21.5 Å². The van der Waals surface area contributed by atoms with E-state index in [1.54, 1.807) is 0 Å². The zero-order valence-electron chi connectivity index (χ0n) is 20.9. The van der Waals surface area contributed by atoms with Crippen molar-refractivity contribution in [3.8, 4) is 55.6 Å². The van der Waals surface area contributed by atoms with Gasteiger partial charge in [-0.2, -0.15) is 0 Å². The third-order valence-corrected chi connectivity index (χ3v) is 8.02. The lowest BCUT2D eigenvalue weighted by atomic mass is 9.91. The normalized spacial score (nSPS) is 11.7. The Balaban J connectivity index is 1.26. The Morgan fingerprint density at radius 3 is 1.47 bits per heavy atom. The molecule has 0 heteroatoms. The van der Waals surface area contributed by atoms with Crippen LogP contribution in [0.15, 0.2) is 146 Å². The Hall–Kier alpha value is -4.94. The number of benzene rings is 7. The van der Waals surface area contributed by atoms with Gasteiger partial charge in [-0.15, -0.1) is 0 Å². The molecule has 0 nitrogen and oxygen atoms in total. The highest BCUT2D eigenvalue weighted by Crippen LogP contribution is 2.49. The molecule has 0 atom stereocenters. The van der Waals surface area contributed by atoms with Crippen molar-refractivity contribution in [3.05, 3.63) is 146 Å². The smallest absolute Gasteiger partial charge is 0.00201 e. The van der Waals surface area contributed by atoms with Gasteiger partial charge in [0.25, 0.3) is 0 Å². The van der Waals surface area contributed by atoms with E-state index in [9.17, 15) is 0 Å². The van der Waals surface area contributed by atoms with E-state index in [4.69, 9.17) is 0 Å². The quantitative estimate of drug-likeness (QED) is 0.236. The summed E-state index contributed by atoms with van der Waals surface area (Å²) in [6, 6.07) is 53.2. The van der Waals surface area contributed by atoms with Gasteiger partial charge in [0, 0.05) is 0 Å². The van der Waals surface area contributed by atoms with E-state index in [2.05, 4.69) is 146 Å². The van der Waals surface area contributed by atoms with Crippen LogP contribution in [0.25, 0.3) is 77.2 Å². The molecule has 0 heterocycles. The first-order valence-electron chi connectivity index (χ1n) is 13.2. The van der Waals surface area contributed by atoms with Gasteiger partial charge in [-0.1, -0.05) is 133 Å². The van der Waals surface area contributed by atoms with Crippen LogP contribution in [-0.4, -0.2) is 0 Å². The Morgan fingerprint density at radius 1 is 0.263 bits per heavy atom. The summed E-state index contributed by atoms with van der Waals surface area (Å²) >= 11 is 0. The molecule has 38 heavy (non-hydrogen) atoms. The lowest BCUT2D eigenvalue weighted by molar-refractivity contribution is 1.59. The monoisotopic (exact) mass is 480 g/mol. The van der Waals surface area contributed by atoms with Crippen molar-refractivity contribution in [3.63, 3.8) is 0 Å². The molecule has 0 amide bonds. The van der Waals surface area contributed by atoms with Crippen LogP contribution in [0.1, 0.15) is 0 Å². The summed E-state index contributed by atoms with van der Waals surface area (Å²) in [4.78, 5) is 0. The largest absolute Gasteiger partial charge is 0.0616 e. The number of hydrogen-bond donors (Lipinski definition) is 0. The maximum Gasteiger partial charge on any atom is -0.00201 e. The zero-order valence-corrected chi connectivity index (χ0v) is 20.9. The fraction of sp³-hybridized carbons (Fsp3) is 0. The molecule has 0 unspecified atom stereocenters. The van der Waals surface area contributed by atoms with Crippen molar-refractivity contribution < 1.29 is 0 Å². The van der Waals surface area contributed by atoms with E-state index in [1.165, 1.54) is 77.2 Å². The minimum atomic E-state index is 1.23. The standard InChI is InChI=1S/C38H24/c1-2-15-30-25(9-1)10-7-18-31(30)28-13-5-11-26(23-28)27-12-6-14-29(24-27)32-21-22-37-34-17-4-3-16-33(34)36-20-8-19-35(32)38(36)37/h1-24H. The van der Waals surface area contributed by atoms with E-state index in [-0.39, 0.29) is 0 Å². The summed E-state index contributed by atoms with van der Waals surface area (Å²) in [7, 11) is 0. The molecule has 0 radical (unpaired) electrons. The van der Waals surface area contributed by atoms with Crippen LogP contribution in [0.4, 0.5) is 0 Å². The van der Waals surface area contributed by atoms with Gasteiger partial charge in [0.2, 0.25) is 0 Å². The maximum absolute atomic E-state index is 2.34. The highest BCUT2D eigenvalue weighted by molar-refractivity contribution is 6.18. The molecule has 176 valence electrons. The first-order chi connectivity index (χ1) is 18.8. The van der Waals surface area contributed by atoms with E-state index in [1.807, 2.05) is 0 Å². The van der Waals surface area contributed by atoms with E-state index in [0.717, 1.165) is 0 Å². The lowest BCUT2D eigenvalue weighted by Gasteiger charge is -2.12. The molecule has 0 spiro atoms. The molecule has 0 N–H and O–H groups in total. The third-order valence-electron chi connectivity index (χ3n) is 8.02. The van der Waals surface area contributed by atoms with Gasteiger partial charge >= 0.3 is 0 Å². The second-order valence-electron chi connectivity index (χ2n) is 10.1. The molecule has 0 fully saturated rings. The third kappa shape index (κ3) is 3.17. The topological polar surface area (TPSA) is 0 Å². The van der Waals surface area contributed by atoms with Crippen molar-refractivity contribution in [2.75, 3.05) is 0 Å². The van der Waals surface area contributed by atoms with Gasteiger partial charge in [0.05, 0.1) is 0 Å². The van der Waals surface area contributed by atoms with Crippen LogP contribution in [-0.2, 0) is 0 Å². The summed E-state index contributed by atoms with van der Waals surface area (Å²) in [5, 5.41) is 5.24. The van der Waals surface area contributed by atoms with Crippen LogP contribution in [0.3, 0.4) is 0 Å². The van der Waals surface area contributed by atoms with Gasteiger partial charge in [0.1, 0.15) is 0 Å². The van der Waals surface area contributed by atoms with E-state index >= 15 is 0 Å². The molecule has 8 rings (SSSR count). The first kappa shape index (κ1) is 21.2. The molecule has 1 aliphatic carbocycles. The first-order valence-corrected chi connectivity index (χ1v) is 13.2. The fourth-order valence-corrected chi connectivity index (χ4v) is 6.27. The van der Waals surface area contributed by atoms with Crippen molar-refractivity contribution in [2.45, 2.75) is 0 Å². The van der Waals surface area contributed by atoms with Crippen LogP contribution in [0.5, 0.6) is 0 Å². The Bertz CT molecular complexity index is 1990. The Kier molecular flexibility index (Phi) is 4.62. The second kappa shape index (κ2) is 8.30. The van der Waals surface area contributed by atoms with Gasteiger partial charge in [0.15, 0.2) is 0 Å². The van der Waals surface area contributed by atoms with Crippen LogP contribution < -0.4 is 0 Å². The summed E-state index contributed by atoms with van der Waals surface area (Å²) in [5.74, 6) is 0. The van der Waals surface area contributed by atoms with E-state index in [0.29, 0.717) is 0 Å². The van der Waals surface area contributed by atoms with Crippen LogP contribution >= 0.6 is 0 Å². The Morgan fingerprint density at radius 2 is 0.711 bits per heavy atom. The van der Waals surface area contributed by atoms with Gasteiger partial charge in [-0.3, -0.25) is 0 Å². The molecular formula is C38H24. The molecule has 7 aromatic rings. The second-order valence-corrected chi connectivity index (χ2v) is 10.1. The number of rotatable bonds is 3. The number of hydrogen-bond acceptors (Lipinski definition) is 0. The zero-order chi connectivity index (χ0) is 25.1. The summed E-state index contributed by atoms with van der Waals surface area (Å²) in [6.45, 7) is 0. The van der Waals surface area contributed by atoms with Crippen molar-refractivity contribution in [1.29, 1.82) is 0 Å². The van der Waals surface area contributed by atoms with Gasteiger partial charge in [-0.25, -0.2) is 0 Å². The molecule has 0 aromatic heterocycles. The molecule has 0 bridgehead atoms. The van der Waals surface area contributed by atoms with Crippen LogP contribution in [0.2, 0.25) is 0 Å². The fourth-order valence-electron chi connectivity index (χ4n) is 6.27. The molecule has 0 aliphatic heterocycles. The lowest BCUT2D eigenvalue weighted by Crippen LogP contribution is -1.86. The SMILES string of the molecule is c1cc(-c2cccc(-c3ccc4c5c(cccc35)-c3ccccc3-4)c2)cc(-c2cccc3ccccc23)c1. The minimum absolute atomic E-state index is 1.23. The van der Waals surface area contributed by atoms with Crippen molar-refractivity contribution in [2.24, 2.45) is 0 Å². The van der Waals surface area contributed by atoms with Gasteiger partial charge < -0.3 is 0 Å². The summed E-state index contributed by atoms with van der Waals surface area (Å²) in [6.07, 6.45) is 0. The van der Waals surface area contributed by atoms with Crippen LogP contribution in [0, 0.1) is 0 Å². The minimum Gasteiger partial charge on any atom is -0.0616 e. The molecule has 7 aromatic carbocycles. The highest BCUT2D eigenvalue weighted by Gasteiger charge is 2.22. The average molecular weight is 481 g/mol. The molecule has 1 aliphatic rings. The van der Waals surface area contributed by atoms with E-state index < -0.39 is 0 Å². The van der Waals surface area contributed by atoms with Gasteiger partial charge in [-0.05, 0) is 89.3 Å². The Labute approximate surface area is 222 Å². The predicted octanol–water partition coefficient (Wildman–Crippen LogP) is 10.6. The summed E-state index contributed by atoms with van der Waals surface area (Å²) < 4.78 is 0. The predicted molar refractivity (Wildman–Crippen MR) is 162 cm³/mol. The summed E-state index contributed by atoms with van der Waals surface area (Å²) in [5.41, 5.74) is 12.9.